The van der Waals surface area contributed by atoms with E-state index in [-0.39, 0.29) is 17.8 Å². The number of halogens is 5. The van der Waals surface area contributed by atoms with E-state index < -0.39 is 71.5 Å². The molecule has 0 aromatic heterocycles. The van der Waals surface area contributed by atoms with Crippen LogP contribution in [0.15, 0.2) is 30.3 Å². The number of hydrogen-bond donors (Lipinski definition) is 2. The van der Waals surface area contributed by atoms with Gasteiger partial charge < -0.3 is 20.1 Å². The highest BCUT2D eigenvalue weighted by Crippen LogP contribution is 2.55. The molecule has 4 atom stereocenters. The Labute approximate surface area is 195 Å². The van der Waals surface area contributed by atoms with E-state index in [1.807, 2.05) is 0 Å². The molecule has 0 aliphatic carbocycles. The number of rotatable bonds is 4. The van der Waals surface area contributed by atoms with Crippen LogP contribution in [0.2, 0.25) is 0 Å². The fourth-order valence-corrected chi connectivity index (χ4v) is 4.44. The summed E-state index contributed by atoms with van der Waals surface area (Å²) in [5.41, 5.74) is -2.39. The van der Waals surface area contributed by atoms with Gasteiger partial charge in [0.1, 0.15) is 6.10 Å². The summed E-state index contributed by atoms with van der Waals surface area (Å²) in [4.78, 5) is 25.2. The third kappa shape index (κ3) is 3.67. The van der Waals surface area contributed by atoms with E-state index in [1.165, 1.54) is 12.1 Å². The molecule has 2 amide bonds. The molecular formula is C23H21F5N2O4. The molecule has 2 heterocycles. The number of carbonyl (C=O) groups excluding carboxylic acids is 2. The first kappa shape index (κ1) is 20.2. The number of methoxy groups -OCH3 is 1. The molecule has 2 aromatic rings. The van der Waals surface area contributed by atoms with Gasteiger partial charge >= 0.3 is 6.18 Å². The minimum Gasteiger partial charge on any atom is -0.493 e. The minimum absolute atomic E-state index is 0.0840. The van der Waals surface area contributed by atoms with Gasteiger partial charge in [-0.15, -0.1) is 0 Å². The summed E-state index contributed by atoms with van der Waals surface area (Å²) < 4.78 is 103. The predicted octanol–water partition coefficient (Wildman–Crippen LogP) is 4.30. The van der Waals surface area contributed by atoms with Crippen LogP contribution in [-0.4, -0.2) is 36.7 Å². The van der Waals surface area contributed by atoms with Crippen molar-refractivity contribution in [3.05, 3.63) is 58.7 Å². The molecule has 34 heavy (non-hydrogen) atoms. The van der Waals surface area contributed by atoms with E-state index >= 15 is 0 Å². The Kier molecular flexibility index (Phi) is 4.88. The summed E-state index contributed by atoms with van der Waals surface area (Å²) in [5, 5.41) is 5.00. The molecule has 1 fully saturated rings. The lowest BCUT2D eigenvalue weighted by atomic mass is 9.77. The molecule has 0 unspecified atom stereocenters. The summed E-state index contributed by atoms with van der Waals surface area (Å²) in [5.74, 6) is -9.01. The summed E-state index contributed by atoms with van der Waals surface area (Å²) in [6.07, 6.45) is -6.91. The molecule has 0 bridgehead atoms. The molecule has 11 heteroatoms. The second-order valence-corrected chi connectivity index (χ2v) is 8.38. The highest BCUT2D eigenvalue weighted by Gasteiger charge is 2.65. The van der Waals surface area contributed by atoms with Crippen LogP contribution in [0.5, 0.6) is 5.75 Å². The molecule has 0 saturated carbocycles. The number of carbonyl (C=O) groups is 2. The summed E-state index contributed by atoms with van der Waals surface area (Å²) in [7, 11) is -3.28. The van der Waals surface area contributed by atoms with Crippen molar-refractivity contribution in [1.29, 1.82) is 0 Å². The molecule has 6 nitrogen and oxygen atoms in total. The fraction of sp³-hybridized carbons (Fsp3) is 0.391. The number of ether oxygens (including phenoxy) is 2. The lowest BCUT2D eigenvalue weighted by molar-refractivity contribution is -0.272. The van der Waals surface area contributed by atoms with Crippen molar-refractivity contribution in [3.8, 4) is 5.75 Å². The van der Waals surface area contributed by atoms with E-state index in [0.29, 0.717) is 18.6 Å². The Morgan fingerprint density at radius 3 is 2.71 bits per heavy atom. The fourth-order valence-electron chi connectivity index (χ4n) is 4.44. The lowest BCUT2D eigenvalue weighted by Gasteiger charge is -2.32. The van der Waals surface area contributed by atoms with E-state index in [0.717, 1.165) is 13.0 Å². The van der Waals surface area contributed by atoms with Crippen LogP contribution >= 0.6 is 0 Å². The predicted molar refractivity (Wildman–Crippen MR) is 110 cm³/mol. The highest BCUT2D eigenvalue weighted by molar-refractivity contribution is 6.01. The topological polar surface area (TPSA) is 76.7 Å². The molecule has 0 spiro atoms. The van der Waals surface area contributed by atoms with Gasteiger partial charge in [-0.3, -0.25) is 9.59 Å². The molecule has 2 aromatic carbocycles. The Morgan fingerprint density at radius 1 is 1.29 bits per heavy atom. The first-order valence-electron chi connectivity index (χ1n) is 11.7. The molecule has 2 N–H and O–H groups in total. The standard InChI is InChI=1S/C23H21F5N2O4/c1-10-16(13-6-7-15(24)17(25)18(13)33-3)19(34-22(10,2)23(26,27)28)21(32)30-12-5-4-11-9-29-20(31)14(11)8-12/h4-8,10,16,19H,9H2,1-3H3,(H,29,31)(H,30,32)/t10-,16-,19+,22+/m0/s1/i3D3. The number of nitrogens with one attached hydrogen (secondary N) is 2. The normalized spacial score (nSPS) is 27.9. The van der Waals surface area contributed by atoms with E-state index in [2.05, 4.69) is 15.4 Å². The average Bonchev–Trinajstić information content (AvgIpc) is 3.29. The quantitative estimate of drug-likeness (QED) is 0.631. The summed E-state index contributed by atoms with van der Waals surface area (Å²) >= 11 is 0. The monoisotopic (exact) mass is 487 g/mol. The zero-order valence-corrected chi connectivity index (χ0v) is 17.8. The van der Waals surface area contributed by atoms with Crippen LogP contribution in [-0.2, 0) is 16.1 Å². The summed E-state index contributed by atoms with van der Waals surface area (Å²) in [6, 6.07) is 5.80. The SMILES string of the molecule is [2H]C([2H])([2H])Oc1c([C@H]2[C@H](C(=O)Nc3ccc4c(c3)C(=O)NC4)O[C@@](C)(C(F)(F)F)[C@H]2C)ccc(F)c1F. The third-order valence-corrected chi connectivity index (χ3v) is 6.53. The van der Waals surface area contributed by atoms with Crippen LogP contribution in [0, 0.1) is 17.6 Å². The Bertz CT molecular complexity index is 1270. The third-order valence-electron chi connectivity index (χ3n) is 6.53. The van der Waals surface area contributed by atoms with Gasteiger partial charge in [-0.2, -0.15) is 17.6 Å². The van der Waals surface area contributed by atoms with Gasteiger partial charge in [0.15, 0.2) is 17.2 Å². The number of benzene rings is 2. The van der Waals surface area contributed by atoms with Gasteiger partial charge in [0, 0.05) is 35.2 Å². The van der Waals surface area contributed by atoms with Gasteiger partial charge in [0.2, 0.25) is 5.82 Å². The number of amides is 2. The zero-order chi connectivity index (χ0) is 27.5. The van der Waals surface area contributed by atoms with Crippen LogP contribution in [0.25, 0.3) is 0 Å². The largest absolute Gasteiger partial charge is 0.493 e. The Balaban J connectivity index is 1.78. The van der Waals surface area contributed by atoms with Gasteiger partial charge in [-0.05, 0) is 30.7 Å². The number of hydrogen-bond acceptors (Lipinski definition) is 4. The molecule has 4 rings (SSSR count). The molecule has 1 saturated heterocycles. The van der Waals surface area contributed by atoms with Crippen molar-refractivity contribution in [1.82, 2.24) is 5.32 Å². The van der Waals surface area contributed by atoms with Crippen LogP contribution in [0.1, 0.15) is 45.4 Å². The van der Waals surface area contributed by atoms with Crippen molar-refractivity contribution >= 4 is 17.5 Å². The maximum atomic E-state index is 14.7. The first-order valence-corrected chi connectivity index (χ1v) is 10.2. The van der Waals surface area contributed by atoms with E-state index in [9.17, 15) is 31.5 Å². The molecule has 2 aliphatic heterocycles. The van der Waals surface area contributed by atoms with Crippen molar-refractivity contribution < 1.29 is 45.1 Å². The van der Waals surface area contributed by atoms with Gasteiger partial charge in [-0.25, -0.2) is 4.39 Å². The zero-order valence-electron chi connectivity index (χ0n) is 20.8. The number of anilines is 1. The lowest BCUT2D eigenvalue weighted by Crippen LogP contribution is -2.47. The van der Waals surface area contributed by atoms with Crippen LogP contribution in [0.4, 0.5) is 27.6 Å². The summed E-state index contributed by atoms with van der Waals surface area (Å²) in [6.45, 7) is 2.09. The van der Waals surface area contributed by atoms with E-state index in [4.69, 9.17) is 8.85 Å². The second-order valence-electron chi connectivity index (χ2n) is 8.38. The Hall–Kier alpha value is -3.21. The molecular weight excluding hydrogens is 463 g/mol. The Morgan fingerprint density at radius 2 is 2.03 bits per heavy atom. The van der Waals surface area contributed by atoms with E-state index in [1.54, 1.807) is 6.07 Å². The van der Waals surface area contributed by atoms with Crippen molar-refractivity contribution in [2.75, 3.05) is 12.4 Å². The highest BCUT2D eigenvalue weighted by atomic mass is 19.4. The van der Waals surface area contributed by atoms with Crippen molar-refractivity contribution in [2.45, 2.75) is 44.2 Å². The smallest absolute Gasteiger partial charge is 0.417 e. The van der Waals surface area contributed by atoms with Crippen molar-refractivity contribution in [2.24, 2.45) is 5.92 Å². The number of fused-ring (bicyclic) bond motifs is 1. The van der Waals surface area contributed by atoms with Crippen molar-refractivity contribution in [3.63, 3.8) is 0 Å². The van der Waals surface area contributed by atoms with Gasteiger partial charge in [-0.1, -0.05) is 19.1 Å². The van der Waals surface area contributed by atoms with Gasteiger partial charge in [0.25, 0.3) is 11.8 Å². The second kappa shape index (κ2) is 8.23. The molecule has 0 radical (unpaired) electrons. The van der Waals surface area contributed by atoms with Gasteiger partial charge in [0.05, 0.1) is 11.2 Å². The van der Waals surface area contributed by atoms with Crippen LogP contribution in [0.3, 0.4) is 0 Å². The molecule has 182 valence electrons. The first-order chi connectivity index (χ1) is 17.0. The maximum absolute atomic E-state index is 14.7. The minimum atomic E-state index is -4.99. The van der Waals surface area contributed by atoms with Crippen LogP contribution < -0.4 is 15.4 Å². The average molecular weight is 487 g/mol. The molecule has 2 aliphatic rings. The maximum Gasteiger partial charge on any atom is 0.417 e. The number of alkyl halides is 3.